The second-order valence-electron chi connectivity index (χ2n) is 9.13. The van der Waals surface area contributed by atoms with E-state index in [1.165, 1.54) is 0 Å². The SMILES string of the molecule is CCOc1nccc(C2=C(c3ccc(O[C@H]4CCN(CCCF)C4)cc3)c3ccc(O)cc3SC2)c1F. The van der Waals surface area contributed by atoms with E-state index in [4.69, 9.17) is 9.47 Å². The number of aromatic nitrogens is 1. The average molecular weight is 525 g/mol. The van der Waals surface area contributed by atoms with E-state index < -0.39 is 5.82 Å². The van der Waals surface area contributed by atoms with Crippen LogP contribution in [-0.2, 0) is 0 Å². The molecule has 1 fully saturated rings. The third-order valence-corrected chi connectivity index (χ3v) is 7.74. The van der Waals surface area contributed by atoms with Gasteiger partial charge in [-0.25, -0.2) is 9.37 Å². The van der Waals surface area contributed by atoms with Gasteiger partial charge < -0.3 is 14.6 Å². The lowest BCUT2D eigenvalue weighted by atomic mass is 9.89. The van der Waals surface area contributed by atoms with Gasteiger partial charge in [0.2, 0.25) is 0 Å². The number of alkyl halides is 1. The minimum atomic E-state index is -0.474. The predicted octanol–water partition coefficient (Wildman–Crippen LogP) is 6.20. The van der Waals surface area contributed by atoms with E-state index in [1.807, 2.05) is 30.3 Å². The van der Waals surface area contributed by atoms with E-state index in [1.54, 1.807) is 43.1 Å². The highest BCUT2D eigenvalue weighted by Gasteiger charge is 2.27. The fraction of sp³-hybridized carbons (Fsp3) is 0.345. The molecule has 5 nitrogen and oxygen atoms in total. The van der Waals surface area contributed by atoms with Gasteiger partial charge in [0.1, 0.15) is 17.6 Å². The third-order valence-electron chi connectivity index (χ3n) is 6.65. The number of halogens is 2. The Morgan fingerprint density at radius 3 is 2.76 bits per heavy atom. The number of benzene rings is 2. The molecule has 0 aliphatic carbocycles. The summed E-state index contributed by atoms with van der Waals surface area (Å²) in [6.45, 7) is 4.31. The fourth-order valence-electron chi connectivity index (χ4n) is 4.93. The van der Waals surface area contributed by atoms with Crippen LogP contribution >= 0.6 is 11.8 Å². The Morgan fingerprint density at radius 1 is 1.14 bits per heavy atom. The van der Waals surface area contributed by atoms with Crippen LogP contribution in [0.15, 0.2) is 59.6 Å². The van der Waals surface area contributed by atoms with Gasteiger partial charge in [-0.2, -0.15) is 0 Å². The van der Waals surface area contributed by atoms with E-state index in [2.05, 4.69) is 9.88 Å². The first-order valence-electron chi connectivity index (χ1n) is 12.6. The summed E-state index contributed by atoms with van der Waals surface area (Å²) >= 11 is 1.56. The van der Waals surface area contributed by atoms with Gasteiger partial charge in [-0.3, -0.25) is 9.29 Å². The molecule has 1 saturated heterocycles. The topological polar surface area (TPSA) is 54.8 Å². The van der Waals surface area contributed by atoms with E-state index in [0.717, 1.165) is 59.0 Å². The number of fused-ring (bicyclic) bond motifs is 1. The van der Waals surface area contributed by atoms with Crippen molar-refractivity contribution in [3.8, 4) is 17.4 Å². The molecule has 2 aliphatic heterocycles. The first kappa shape index (κ1) is 25.5. The van der Waals surface area contributed by atoms with Crippen molar-refractivity contribution >= 4 is 22.9 Å². The summed E-state index contributed by atoms with van der Waals surface area (Å²) < 4.78 is 39.6. The number of ether oxygens (including phenoxy) is 2. The van der Waals surface area contributed by atoms with Crippen LogP contribution in [0.1, 0.15) is 36.5 Å². The van der Waals surface area contributed by atoms with Crippen molar-refractivity contribution in [3.05, 3.63) is 77.2 Å². The van der Waals surface area contributed by atoms with Crippen LogP contribution in [0.4, 0.5) is 8.78 Å². The lowest BCUT2D eigenvalue weighted by Crippen LogP contribution is -2.26. The molecule has 37 heavy (non-hydrogen) atoms. The number of hydrogen-bond acceptors (Lipinski definition) is 6. The number of nitrogens with zero attached hydrogens (tertiary/aromatic N) is 2. The van der Waals surface area contributed by atoms with Crippen molar-refractivity contribution in [2.75, 3.05) is 38.7 Å². The number of phenols is 1. The highest BCUT2D eigenvalue weighted by molar-refractivity contribution is 7.99. The van der Waals surface area contributed by atoms with Gasteiger partial charge in [-0.1, -0.05) is 12.1 Å². The van der Waals surface area contributed by atoms with Crippen molar-refractivity contribution in [2.45, 2.75) is 30.8 Å². The minimum Gasteiger partial charge on any atom is -0.508 e. The number of thioether (sulfide) groups is 1. The predicted molar refractivity (Wildman–Crippen MR) is 143 cm³/mol. The molecule has 5 rings (SSSR count). The second-order valence-corrected chi connectivity index (χ2v) is 10.1. The molecule has 0 spiro atoms. The summed E-state index contributed by atoms with van der Waals surface area (Å²) in [4.78, 5) is 7.24. The smallest absolute Gasteiger partial charge is 0.250 e. The van der Waals surface area contributed by atoms with Crippen LogP contribution in [0.3, 0.4) is 0 Å². The van der Waals surface area contributed by atoms with E-state index in [0.29, 0.717) is 24.3 Å². The van der Waals surface area contributed by atoms with Crippen LogP contribution in [0.5, 0.6) is 17.4 Å². The Bertz CT molecular complexity index is 1280. The number of aromatic hydroxyl groups is 1. The molecule has 1 N–H and O–H groups in total. The molecule has 0 radical (unpaired) electrons. The standard InChI is InChI=1S/C29H30F2N2O3S/c1-2-35-29-28(31)23(10-13-32-29)25-18-37-26-16-20(34)6-9-24(26)27(25)19-4-7-21(8-5-19)36-22-11-15-33(17-22)14-3-12-30/h4-10,13,16,22,34H,2-3,11-12,14-15,17-18H2,1H3/t22-/m0/s1. The Labute approximate surface area is 220 Å². The Hall–Kier alpha value is -3.10. The molecule has 2 aromatic carbocycles. The van der Waals surface area contributed by atoms with Gasteiger partial charge >= 0.3 is 0 Å². The normalized spacial score (nSPS) is 17.6. The molecule has 2 aliphatic rings. The fourth-order valence-corrected chi connectivity index (χ4v) is 6.06. The highest BCUT2D eigenvalue weighted by atomic mass is 32.2. The molecule has 0 saturated carbocycles. The molecule has 3 aromatic rings. The molecule has 0 unspecified atom stereocenters. The number of hydrogen-bond donors (Lipinski definition) is 1. The van der Waals surface area contributed by atoms with Crippen molar-refractivity contribution in [2.24, 2.45) is 0 Å². The maximum atomic E-state index is 15.5. The second kappa shape index (κ2) is 11.5. The molecule has 0 amide bonds. The lowest BCUT2D eigenvalue weighted by molar-refractivity contribution is 0.198. The highest BCUT2D eigenvalue weighted by Crippen LogP contribution is 2.46. The first-order chi connectivity index (χ1) is 18.1. The van der Waals surface area contributed by atoms with Crippen LogP contribution < -0.4 is 9.47 Å². The van der Waals surface area contributed by atoms with Crippen molar-refractivity contribution in [1.29, 1.82) is 0 Å². The van der Waals surface area contributed by atoms with Crippen molar-refractivity contribution in [1.82, 2.24) is 9.88 Å². The minimum absolute atomic E-state index is 0.00535. The average Bonchev–Trinajstić information content (AvgIpc) is 3.36. The molecule has 0 bridgehead atoms. The third kappa shape index (κ3) is 5.60. The summed E-state index contributed by atoms with van der Waals surface area (Å²) in [5.74, 6) is 1.02. The Kier molecular flexibility index (Phi) is 7.96. The van der Waals surface area contributed by atoms with Crippen LogP contribution in [0, 0.1) is 5.82 Å². The summed E-state index contributed by atoms with van der Waals surface area (Å²) in [5, 5.41) is 10.1. The number of pyridine rings is 1. The summed E-state index contributed by atoms with van der Waals surface area (Å²) in [5.41, 5.74) is 4.08. The lowest BCUT2D eigenvalue weighted by Gasteiger charge is -2.25. The molecular formula is C29H30F2N2O3S. The first-order valence-corrected chi connectivity index (χ1v) is 13.6. The number of phenolic OH excluding ortho intramolecular Hbond substituents is 1. The van der Waals surface area contributed by atoms with Gasteiger partial charge in [0.05, 0.1) is 13.3 Å². The van der Waals surface area contributed by atoms with Crippen LogP contribution in [0.25, 0.3) is 11.1 Å². The van der Waals surface area contributed by atoms with E-state index in [9.17, 15) is 9.50 Å². The summed E-state index contributed by atoms with van der Waals surface area (Å²) in [6.07, 6.45) is 3.12. The molecule has 194 valence electrons. The zero-order valence-corrected chi connectivity index (χ0v) is 21.6. The molecule has 1 atom stereocenters. The number of likely N-dealkylation sites (tertiary alicyclic amines) is 1. The van der Waals surface area contributed by atoms with Gasteiger partial charge in [-0.15, -0.1) is 11.8 Å². The monoisotopic (exact) mass is 524 g/mol. The molecule has 3 heterocycles. The van der Waals surface area contributed by atoms with E-state index >= 15 is 4.39 Å². The van der Waals surface area contributed by atoms with Crippen molar-refractivity contribution in [3.63, 3.8) is 0 Å². The van der Waals surface area contributed by atoms with Gasteiger partial charge in [0.15, 0.2) is 5.82 Å². The zero-order chi connectivity index (χ0) is 25.8. The maximum absolute atomic E-state index is 15.5. The Morgan fingerprint density at radius 2 is 1.97 bits per heavy atom. The van der Waals surface area contributed by atoms with Crippen LogP contribution in [-0.4, -0.2) is 59.8 Å². The molecule has 8 heteroatoms. The van der Waals surface area contributed by atoms with Crippen LogP contribution in [0.2, 0.25) is 0 Å². The van der Waals surface area contributed by atoms with Gasteiger partial charge in [-0.05, 0) is 78.4 Å². The maximum Gasteiger partial charge on any atom is 0.250 e. The summed E-state index contributed by atoms with van der Waals surface area (Å²) in [7, 11) is 0. The zero-order valence-electron chi connectivity index (χ0n) is 20.8. The Balaban J connectivity index is 1.48. The van der Waals surface area contributed by atoms with Gasteiger partial charge in [0.25, 0.3) is 5.88 Å². The van der Waals surface area contributed by atoms with E-state index in [-0.39, 0.29) is 24.4 Å². The van der Waals surface area contributed by atoms with Crippen molar-refractivity contribution < 1.29 is 23.4 Å². The molecule has 1 aromatic heterocycles. The van der Waals surface area contributed by atoms with Gasteiger partial charge in [0, 0.05) is 42.0 Å². The summed E-state index contributed by atoms with van der Waals surface area (Å²) in [6, 6.07) is 14.8. The largest absolute Gasteiger partial charge is 0.508 e. The molecular weight excluding hydrogens is 494 g/mol. The number of rotatable bonds is 9. The quantitative estimate of drug-likeness (QED) is 0.360.